The van der Waals surface area contributed by atoms with Gasteiger partial charge in [0.15, 0.2) is 0 Å². The maximum Gasteiger partial charge on any atom is 0.144 e. The molecular weight excluding hydrogens is 208 g/mol. The number of rotatable bonds is 5. The number of hydrogen-bond donors (Lipinski definition) is 2. The van der Waals surface area contributed by atoms with Gasteiger partial charge >= 0.3 is 0 Å². The van der Waals surface area contributed by atoms with E-state index >= 15 is 0 Å². The van der Waals surface area contributed by atoms with Gasteiger partial charge in [-0.05, 0) is 30.5 Å². The van der Waals surface area contributed by atoms with Gasteiger partial charge in [-0.15, -0.1) is 0 Å². The zero-order chi connectivity index (χ0) is 11.6. The molecule has 0 spiro atoms. The average molecular weight is 224 g/mol. The minimum absolute atomic E-state index is 0.0633. The molecule has 0 atom stereocenters. The third kappa shape index (κ3) is 1.91. The van der Waals surface area contributed by atoms with Crippen LogP contribution in [-0.2, 0) is 16.9 Å². The molecule has 16 heavy (non-hydrogen) atoms. The SMILES string of the molecule is COc1ccc(C2(OCO)CC2)cc1CO. The van der Waals surface area contributed by atoms with Gasteiger partial charge in [0.05, 0.1) is 19.3 Å². The molecule has 0 aliphatic heterocycles. The van der Waals surface area contributed by atoms with E-state index in [4.69, 9.17) is 14.6 Å². The molecule has 1 aromatic carbocycles. The van der Waals surface area contributed by atoms with Gasteiger partial charge < -0.3 is 19.7 Å². The summed E-state index contributed by atoms with van der Waals surface area (Å²) in [6, 6.07) is 5.61. The maximum absolute atomic E-state index is 9.22. The van der Waals surface area contributed by atoms with Crippen LogP contribution < -0.4 is 4.74 Å². The third-order valence-corrected chi connectivity index (χ3v) is 3.02. The molecule has 0 radical (unpaired) electrons. The quantitative estimate of drug-likeness (QED) is 0.736. The highest BCUT2D eigenvalue weighted by atomic mass is 16.6. The molecule has 1 aliphatic rings. The van der Waals surface area contributed by atoms with E-state index in [0.717, 1.165) is 24.0 Å². The smallest absolute Gasteiger partial charge is 0.144 e. The monoisotopic (exact) mass is 224 g/mol. The minimum Gasteiger partial charge on any atom is -0.496 e. The molecule has 1 aliphatic carbocycles. The molecular formula is C12H16O4. The summed E-state index contributed by atoms with van der Waals surface area (Å²) in [5.74, 6) is 0.672. The molecule has 2 N–H and O–H groups in total. The molecule has 0 amide bonds. The van der Waals surface area contributed by atoms with E-state index in [2.05, 4.69) is 0 Å². The van der Waals surface area contributed by atoms with Crippen molar-refractivity contribution in [3.8, 4) is 5.75 Å². The number of ether oxygens (including phenoxy) is 2. The minimum atomic E-state index is -0.342. The summed E-state index contributed by atoms with van der Waals surface area (Å²) in [6.07, 6.45) is 1.81. The largest absolute Gasteiger partial charge is 0.496 e. The molecule has 1 fully saturated rings. The Morgan fingerprint density at radius 3 is 2.56 bits per heavy atom. The van der Waals surface area contributed by atoms with Crippen LogP contribution in [0.4, 0.5) is 0 Å². The summed E-state index contributed by atoms with van der Waals surface area (Å²) < 4.78 is 10.5. The van der Waals surface area contributed by atoms with Gasteiger partial charge in [-0.2, -0.15) is 0 Å². The maximum atomic E-state index is 9.22. The lowest BCUT2D eigenvalue weighted by Crippen LogP contribution is -2.13. The zero-order valence-electron chi connectivity index (χ0n) is 9.27. The number of aliphatic hydroxyl groups excluding tert-OH is 2. The van der Waals surface area contributed by atoms with Gasteiger partial charge in [0, 0.05) is 5.56 Å². The van der Waals surface area contributed by atoms with Gasteiger partial charge in [-0.25, -0.2) is 0 Å². The third-order valence-electron chi connectivity index (χ3n) is 3.02. The van der Waals surface area contributed by atoms with Crippen LogP contribution in [0.15, 0.2) is 18.2 Å². The van der Waals surface area contributed by atoms with Crippen molar-refractivity contribution in [3.05, 3.63) is 29.3 Å². The van der Waals surface area contributed by atoms with Gasteiger partial charge in [0.25, 0.3) is 0 Å². The molecule has 4 nitrogen and oxygen atoms in total. The second-order valence-electron chi connectivity index (χ2n) is 3.95. The van der Waals surface area contributed by atoms with E-state index in [1.165, 1.54) is 0 Å². The molecule has 0 unspecified atom stereocenters. The van der Waals surface area contributed by atoms with Crippen molar-refractivity contribution < 1.29 is 19.7 Å². The van der Waals surface area contributed by atoms with Gasteiger partial charge in [0.2, 0.25) is 0 Å². The number of methoxy groups -OCH3 is 1. The first-order valence-electron chi connectivity index (χ1n) is 5.29. The van der Waals surface area contributed by atoms with Crippen molar-refractivity contribution in [2.75, 3.05) is 13.9 Å². The van der Waals surface area contributed by atoms with Crippen LogP contribution in [0.25, 0.3) is 0 Å². The fourth-order valence-corrected chi connectivity index (χ4v) is 1.94. The van der Waals surface area contributed by atoms with Crippen molar-refractivity contribution in [3.63, 3.8) is 0 Å². The Morgan fingerprint density at radius 2 is 2.06 bits per heavy atom. The normalized spacial score (nSPS) is 17.2. The Kier molecular flexibility index (Phi) is 3.14. The fraction of sp³-hybridized carbons (Fsp3) is 0.500. The molecule has 0 bridgehead atoms. The first-order chi connectivity index (χ1) is 7.75. The Hall–Kier alpha value is -1.10. The van der Waals surface area contributed by atoms with E-state index in [1.807, 2.05) is 18.2 Å². The molecule has 1 saturated carbocycles. The first kappa shape index (κ1) is 11.4. The van der Waals surface area contributed by atoms with Gasteiger partial charge in [0.1, 0.15) is 12.5 Å². The van der Waals surface area contributed by atoms with Crippen LogP contribution in [0.2, 0.25) is 0 Å². The molecule has 88 valence electrons. The Balaban J connectivity index is 2.29. The molecule has 0 heterocycles. The Labute approximate surface area is 94.4 Å². The topological polar surface area (TPSA) is 58.9 Å². The predicted molar refractivity (Wildman–Crippen MR) is 58.0 cm³/mol. The van der Waals surface area contributed by atoms with Crippen molar-refractivity contribution in [1.82, 2.24) is 0 Å². The molecule has 1 aromatic rings. The number of hydrogen-bond acceptors (Lipinski definition) is 4. The van der Waals surface area contributed by atoms with Crippen molar-refractivity contribution in [2.24, 2.45) is 0 Å². The van der Waals surface area contributed by atoms with Crippen LogP contribution in [0.3, 0.4) is 0 Å². The van der Waals surface area contributed by atoms with E-state index in [9.17, 15) is 5.11 Å². The molecule has 4 heteroatoms. The van der Waals surface area contributed by atoms with Crippen LogP contribution in [0.1, 0.15) is 24.0 Å². The van der Waals surface area contributed by atoms with Crippen molar-refractivity contribution >= 4 is 0 Å². The first-order valence-corrected chi connectivity index (χ1v) is 5.29. The second-order valence-corrected chi connectivity index (χ2v) is 3.95. The van der Waals surface area contributed by atoms with Crippen molar-refractivity contribution in [1.29, 1.82) is 0 Å². The lowest BCUT2D eigenvalue weighted by molar-refractivity contribution is -0.0675. The van der Waals surface area contributed by atoms with Crippen molar-refractivity contribution in [2.45, 2.75) is 25.0 Å². The Bertz CT molecular complexity index is 371. The molecule has 2 rings (SSSR count). The van der Waals surface area contributed by atoms with E-state index < -0.39 is 0 Å². The molecule has 0 saturated heterocycles. The second kappa shape index (κ2) is 4.41. The summed E-state index contributed by atoms with van der Waals surface area (Å²) in [5.41, 5.74) is 1.39. The highest BCUT2D eigenvalue weighted by Gasteiger charge is 2.45. The standard InChI is InChI=1S/C12H16O4/c1-15-11-3-2-10(6-9(11)7-13)12(4-5-12)16-8-14/h2-3,6,13-14H,4-5,7-8H2,1H3. The van der Waals surface area contributed by atoms with E-state index in [0.29, 0.717) is 5.75 Å². The van der Waals surface area contributed by atoms with Crippen LogP contribution in [0, 0.1) is 0 Å². The highest BCUT2D eigenvalue weighted by molar-refractivity contribution is 5.40. The van der Waals surface area contributed by atoms with Crippen LogP contribution in [-0.4, -0.2) is 24.1 Å². The number of aliphatic hydroxyl groups is 2. The predicted octanol–water partition coefficient (Wildman–Crippen LogP) is 1.14. The summed E-state index contributed by atoms with van der Waals surface area (Å²) in [7, 11) is 1.57. The van der Waals surface area contributed by atoms with E-state index in [-0.39, 0.29) is 19.0 Å². The summed E-state index contributed by atoms with van der Waals surface area (Å²) in [5, 5.41) is 18.1. The Morgan fingerprint density at radius 1 is 1.31 bits per heavy atom. The molecule has 0 aromatic heterocycles. The summed E-state index contributed by atoms with van der Waals surface area (Å²) in [6.45, 7) is -0.341. The number of benzene rings is 1. The van der Waals surface area contributed by atoms with Crippen LogP contribution in [0.5, 0.6) is 5.75 Å². The van der Waals surface area contributed by atoms with Crippen LogP contribution >= 0.6 is 0 Å². The van der Waals surface area contributed by atoms with Gasteiger partial charge in [-0.3, -0.25) is 0 Å². The highest BCUT2D eigenvalue weighted by Crippen LogP contribution is 2.49. The summed E-state index contributed by atoms with van der Waals surface area (Å²) >= 11 is 0. The lowest BCUT2D eigenvalue weighted by atomic mass is 10.0. The fourth-order valence-electron chi connectivity index (χ4n) is 1.94. The average Bonchev–Trinajstić information content (AvgIpc) is 3.09. The summed E-state index contributed by atoms with van der Waals surface area (Å²) in [4.78, 5) is 0. The van der Waals surface area contributed by atoms with E-state index in [1.54, 1.807) is 7.11 Å². The zero-order valence-corrected chi connectivity index (χ0v) is 9.27. The van der Waals surface area contributed by atoms with Gasteiger partial charge in [-0.1, -0.05) is 6.07 Å². The lowest BCUT2D eigenvalue weighted by Gasteiger charge is -2.17.